The molecule has 1 atom stereocenters. The lowest BCUT2D eigenvalue weighted by Crippen LogP contribution is -2.45. The van der Waals surface area contributed by atoms with Gasteiger partial charge in [0.15, 0.2) is 0 Å². The van der Waals surface area contributed by atoms with Gasteiger partial charge in [0.2, 0.25) is 11.9 Å². The van der Waals surface area contributed by atoms with E-state index in [4.69, 9.17) is 4.74 Å². The summed E-state index contributed by atoms with van der Waals surface area (Å²) in [4.78, 5) is 26.4. The van der Waals surface area contributed by atoms with Crippen LogP contribution in [-0.2, 0) is 11.3 Å². The molecule has 32 heavy (non-hydrogen) atoms. The number of ether oxygens (including phenoxy) is 1. The summed E-state index contributed by atoms with van der Waals surface area (Å²) in [6.45, 7) is 7.51. The fourth-order valence-corrected chi connectivity index (χ4v) is 4.69. The topological polar surface area (TPSA) is 70.6 Å². The van der Waals surface area contributed by atoms with Crippen LogP contribution in [0.3, 0.4) is 0 Å². The smallest absolute Gasteiger partial charge is 0.225 e. The third-order valence-electron chi connectivity index (χ3n) is 6.69. The van der Waals surface area contributed by atoms with Crippen LogP contribution in [0.4, 0.5) is 5.95 Å². The number of carbonyl (C=O) groups excluding carboxylic acids is 1. The molecule has 2 aromatic rings. The fourth-order valence-electron chi connectivity index (χ4n) is 4.69. The van der Waals surface area contributed by atoms with E-state index in [-0.39, 0.29) is 11.8 Å². The number of hydrogen-bond donors (Lipinski definition) is 1. The molecule has 1 aromatic carbocycles. The van der Waals surface area contributed by atoms with Crippen LogP contribution in [0.1, 0.15) is 36.9 Å². The second-order valence-corrected chi connectivity index (χ2v) is 9.10. The van der Waals surface area contributed by atoms with Crippen LogP contribution in [-0.4, -0.2) is 60.6 Å². The highest BCUT2D eigenvalue weighted by Gasteiger charge is 2.28. The monoisotopic (exact) mass is 437 g/mol. The Morgan fingerprint density at radius 1 is 1.12 bits per heavy atom. The van der Waals surface area contributed by atoms with Crippen molar-refractivity contribution in [1.82, 2.24) is 20.2 Å². The molecule has 2 saturated heterocycles. The Bertz CT molecular complexity index is 880. The van der Waals surface area contributed by atoms with Gasteiger partial charge >= 0.3 is 0 Å². The number of piperidine rings is 2. The Kier molecular flexibility index (Phi) is 7.58. The van der Waals surface area contributed by atoms with Crippen LogP contribution in [0.5, 0.6) is 5.75 Å². The molecule has 4 rings (SSSR count). The number of aromatic nitrogens is 2. The largest absolute Gasteiger partial charge is 0.497 e. The number of nitrogens with one attached hydrogen (secondary N) is 1. The zero-order chi connectivity index (χ0) is 22.3. The first kappa shape index (κ1) is 22.5. The summed E-state index contributed by atoms with van der Waals surface area (Å²) in [6, 6.07) is 10.2. The molecular weight excluding hydrogens is 402 g/mol. The maximum atomic E-state index is 12.8. The molecule has 1 unspecified atom stereocenters. The molecule has 7 nitrogen and oxygen atoms in total. The number of amides is 1. The van der Waals surface area contributed by atoms with Gasteiger partial charge in [-0.1, -0.05) is 12.1 Å². The Morgan fingerprint density at radius 3 is 2.62 bits per heavy atom. The molecule has 1 aromatic heterocycles. The van der Waals surface area contributed by atoms with Gasteiger partial charge in [0.25, 0.3) is 0 Å². The summed E-state index contributed by atoms with van der Waals surface area (Å²) < 4.78 is 5.24. The number of benzene rings is 1. The molecule has 2 aliphatic heterocycles. The van der Waals surface area contributed by atoms with Crippen molar-refractivity contribution in [1.29, 1.82) is 0 Å². The minimum absolute atomic E-state index is 0.0167. The van der Waals surface area contributed by atoms with E-state index in [0.29, 0.717) is 12.5 Å². The van der Waals surface area contributed by atoms with E-state index in [9.17, 15) is 4.79 Å². The average Bonchev–Trinajstić information content (AvgIpc) is 2.84. The van der Waals surface area contributed by atoms with E-state index < -0.39 is 0 Å². The van der Waals surface area contributed by atoms with Gasteiger partial charge in [-0.15, -0.1) is 0 Å². The molecule has 0 saturated carbocycles. The highest BCUT2D eigenvalue weighted by Crippen LogP contribution is 2.22. The van der Waals surface area contributed by atoms with E-state index in [1.165, 1.54) is 5.56 Å². The number of likely N-dealkylation sites (tertiary alicyclic amines) is 1. The predicted molar refractivity (Wildman–Crippen MR) is 126 cm³/mol. The summed E-state index contributed by atoms with van der Waals surface area (Å²) in [5.41, 5.74) is 2.27. The lowest BCUT2D eigenvalue weighted by Gasteiger charge is -2.34. The van der Waals surface area contributed by atoms with Crippen molar-refractivity contribution in [3.63, 3.8) is 0 Å². The standard InChI is InChI=1S/C25H35N5O2/c1-19-9-12-26-25(28-19)30-13-3-4-22(18-30)24(31)27-16-20-10-14-29(15-11-20)17-21-5-7-23(32-2)8-6-21/h5-9,12,20,22H,3-4,10-11,13-18H2,1-2H3,(H,27,31). The summed E-state index contributed by atoms with van der Waals surface area (Å²) >= 11 is 0. The Hall–Kier alpha value is -2.67. The van der Waals surface area contributed by atoms with Gasteiger partial charge < -0.3 is 15.0 Å². The number of anilines is 1. The Balaban J connectivity index is 1.19. The van der Waals surface area contributed by atoms with Crippen LogP contribution in [0, 0.1) is 18.8 Å². The van der Waals surface area contributed by atoms with Gasteiger partial charge in [-0.3, -0.25) is 9.69 Å². The van der Waals surface area contributed by atoms with E-state index in [1.54, 1.807) is 13.3 Å². The molecule has 7 heteroatoms. The fraction of sp³-hybridized carbons (Fsp3) is 0.560. The summed E-state index contributed by atoms with van der Waals surface area (Å²) in [7, 11) is 1.70. The second-order valence-electron chi connectivity index (χ2n) is 9.10. The predicted octanol–water partition coefficient (Wildman–Crippen LogP) is 3.04. The molecule has 0 bridgehead atoms. The SMILES string of the molecule is COc1ccc(CN2CCC(CNC(=O)C3CCCN(c4nccc(C)n4)C3)CC2)cc1. The van der Waals surface area contributed by atoms with Crippen molar-refractivity contribution in [3.8, 4) is 5.75 Å². The highest BCUT2D eigenvalue weighted by molar-refractivity contribution is 5.79. The van der Waals surface area contributed by atoms with E-state index in [1.807, 2.05) is 25.1 Å². The number of hydrogen-bond acceptors (Lipinski definition) is 6. The number of nitrogens with zero attached hydrogens (tertiary/aromatic N) is 4. The average molecular weight is 438 g/mol. The van der Waals surface area contributed by atoms with Crippen LogP contribution in [0.2, 0.25) is 0 Å². The summed E-state index contributed by atoms with van der Waals surface area (Å²) in [5.74, 6) is 2.40. The van der Waals surface area contributed by atoms with E-state index in [2.05, 4.69) is 37.2 Å². The quantitative estimate of drug-likeness (QED) is 0.718. The third-order valence-corrected chi connectivity index (χ3v) is 6.69. The molecule has 2 fully saturated rings. The first-order valence-electron chi connectivity index (χ1n) is 11.8. The van der Waals surface area contributed by atoms with E-state index >= 15 is 0 Å². The van der Waals surface area contributed by atoms with Gasteiger partial charge in [0.05, 0.1) is 13.0 Å². The third kappa shape index (κ3) is 5.97. The molecule has 2 aliphatic rings. The molecule has 0 aliphatic carbocycles. The maximum absolute atomic E-state index is 12.8. The lowest BCUT2D eigenvalue weighted by molar-refractivity contribution is -0.125. The van der Waals surface area contributed by atoms with Gasteiger partial charge in [0, 0.05) is 38.1 Å². The van der Waals surface area contributed by atoms with Crippen molar-refractivity contribution in [2.45, 2.75) is 39.2 Å². The Morgan fingerprint density at radius 2 is 1.91 bits per heavy atom. The van der Waals surface area contributed by atoms with Crippen molar-refractivity contribution >= 4 is 11.9 Å². The van der Waals surface area contributed by atoms with Gasteiger partial charge in [0.1, 0.15) is 5.75 Å². The summed E-state index contributed by atoms with van der Waals surface area (Å²) in [5, 5.41) is 3.24. The van der Waals surface area contributed by atoms with Gasteiger partial charge in [-0.25, -0.2) is 9.97 Å². The van der Waals surface area contributed by atoms with Crippen LogP contribution >= 0.6 is 0 Å². The molecule has 172 valence electrons. The lowest BCUT2D eigenvalue weighted by atomic mass is 9.94. The van der Waals surface area contributed by atoms with Crippen molar-refractivity contribution in [2.75, 3.05) is 44.7 Å². The van der Waals surface area contributed by atoms with Crippen molar-refractivity contribution in [3.05, 3.63) is 47.8 Å². The number of carbonyl (C=O) groups is 1. The van der Waals surface area contributed by atoms with Crippen LogP contribution in [0.25, 0.3) is 0 Å². The van der Waals surface area contributed by atoms with Crippen molar-refractivity contribution in [2.24, 2.45) is 11.8 Å². The molecule has 1 amide bonds. The first-order chi connectivity index (χ1) is 15.6. The first-order valence-corrected chi connectivity index (χ1v) is 11.8. The molecule has 0 spiro atoms. The zero-order valence-electron chi connectivity index (χ0n) is 19.3. The van der Waals surface area contributed by atoms with E-state index in [0.717, 1.165) is 75.8 Å². The number of rotatable bonds is 7. The minimum Gasteiger partial charge on any atom is -0.497 e. The summed E-state index contributed by atoms with van der Waals surface area (Å²) in [6.07, 6.45) is 5.99. The van der Waals surface area contributed by atoms with Crippen LogP contribution in [0.15, 0.2) is 36.5 Å². The maximum Gasteiger partial charge on any atom is 0.225 e. The highest BCUT2D eigenvalue weighted by atomic mass is 16.5. The number of methoxy groups -OCH3 is 1. The van der Waals surface area contributed by atoms with Gasteiger partial charge in [-0.05, 0) is 75.4 Å². The molecular formula is C25H35N5O2. The van der Waals surface area contributed by atoms with Crippen LogP contribution < -0.4 is 15.0 Å². The zero-order valence-corrected chi connectivity index (χ0v) is 19.3. The number of aryl methyl sites for hydroxylation is 1. The molecule has 0 radical (unpaired) electrons. The molecule has 3 heterocycles. The minimum atomic E-state index is 0.0167. The second kappa shape index (κ2) is 10.8. The molecule has 1 N–H and O–H groups in total. The Labute approximate surface area is 191 Å². The van der Waals surface area contributed by atoms with Crippen molar-refractivity contribution < 1.29 is 9.53 Å². The normalized spacial score (nSPS) is 20.2. The van der Waals surface area contributed by atoms with Gasteiger partial charge in [-0.2, -0.15) is 0 Å².